The number of fused-ring (bicyclic) bond motifs is 1. The lowest BCUT2D eigenvalue weighted by Crippen LogP contribution is -2.49. The minimum absolute atomic E-state index is 0.0771. The molecule has 0 spiro atoms. The van der Waals surface area contributed by atoms with Gasteiger partial charge in [-0.05, 0) is 49.1 Å². The highest BCUT2D eigenvalue weighted by atomic mass is 19.1. The van der Waals surface area contributed by atoms with Crippen LogP contribution in [0.25, 0.3) is 0 Å². The van der Waals surface area contributed by atoms with Gasteiger partial charge in [0.05, 0.1) is 12.0 Å². The maximum atomic E-state index is 14.2. The largest absolute Gasteiger partial charge is 0.373 e. The second-order valence-electron chi connectivity index (χ2n) is 6.79. The Morgan fingerprint density at radius 2 is 2.22 bits per heavy atom. The third kappa shape index (κ3) is 2.56. The van der Waals surface area contributed by atoms with Crippen LogP contribution in [0.5, 0.6) is 0 Å². The molecule has 1 aromatic carbocycles. The molecule has 0 aromatic heterocycles. The van der Waals surface area contributed by atoms with Crippen molar-refractivity contribution in [1.29, 1.82) is 0 Å². The van der Waals surface area contributed by atoms with Crippen molar-refractivity contribution in [2.24, 2.45) is 11.8 Å². The van der Waals surface area contributed by atoms with Crippen molar-refractivity contribution < 1.29 is 13.9 Å². The van der Waals surface area contributed by atoms with Crippen molar-refractivity contribution in [2.75, 3.05) is 26.0 Å². The number of anilines is 1. The summed E-state index contributed by atoms with van der Waals surface area (Å²) < 4.78 is 20.3. The Hall–Kier alpha value is -1.46. The van der Waals surface area contributed by atoms with Crippen LogP contribution in [0.15, 0.2) is 12.1 Å². The fourth-order valence-electron chi connectivity index (χ4n) is 4.61. The van der Waals surface area contributed by atoms with E-state index in [1.807, 2.05) is 7.05 Å². The number of benzene rings is 1. The number of carbonyl (C=O) groups is 1. The fraction of sp³-hybridized carbons (Fsp3) is 0.611. The highest BCUT2D eigenvalue weighted by Crippen LogP contribution is 2.50. The SMILES string of the molecule is CNCC1CCCC(C)C1(OC)c1cc(F)cc2c1CC(=O)N2. The maximum absolute atomic E-state index is 14.2. The van der Waals surface area contributed by atoms with Crippen LogP contribution in [-0.2, 0) is 21.6 Å². The van der Waals surface area contributed by atoms with Crippen LogP contribution in [0.1, 0.15) is 37.3 Å². The van der Waals surface area contributed by atoms with E-state index in [-0.39, 0.29) is 23.6 Å². The Balaban J connectivity index is 2.18. The van der Waals surface area contributed by atoms with Crippen LogP contribution in [-0.4, -0.2) is 26.6 Å². The van der Waals surface area contributed by atoms with E-state index in [0.717, 1.165) is 36.9 Å². The van der Waals surface area contributed by atoms with Crippen LogP contribution < -0.4 is 10.6 Å². The topological polar surface area (TPSA) is 50.4 Å². The molecule has 23 heavy (non-hydrogen) atoms. The van der Waals surface area contributed by atoms with Crippen LogP contribution >= 0.6 is 0 Å². The third-order valence-corrected chi connectivity index (χ3v) is 5.56. The lowest BCUT2D eigenvalue weighted by Gasteiger charge is -2.48. The molecule has 1 aliphatic carbocycles. The molecule has 1 aromatic rings. The van der Waals surface area contributed by atoms with Gasteiger partial charge in [0.15, 0.2) is 0 Å². The average molecular weight is 320 g/mol. The van der Waals surface area contributed by atoms with E-state index in [4.69, 9.17) is 4.74 Å². The number of rotatable bonds is 4. The minimum atomic E-state index is -0.556. The third-order valence-electron chi connectivity index (χ3n) is 5.56. The van der Waals surface area contributed by atoms with E-state index in [0.29, 0.717) is 12.1 Å². The summed E-state index contributed by atoms with van der Waals surface area (Å²) in [4.78, 5) is 11.8. The fourth-order valence-corrected chi connectivity index (χ4v) is 4.61. The predicted octanol–water partition coefficient (Wildman–Crippen LogP) is 2.82. The van der Waals surface area contributed by atoms with Gasteiger partial charge >= 0.3 is 0 Å². The molecule has 2 aliphatic rings. The Morgan fingerprint density at radius 1 is 1.43 bits per heavy atom. The van der Waals surface area contributed by atoms with Gasteiger partial charge in [-0.2, -0.15) is 0 Å². The monoisotopic (exact) mass is 320 g/mol. The molecule has 0 radical (unpaired) electrons. The lowest BCUT2D eigenvalue weighted by molar-refractivity contribution is -0.125. The van der Waals surface area contributed by atoms with Crippen molar-refractivity contribution >= 4 is 11.6 Å². The van der Waals surface area contributed by atoms with E-state index in [9.17, 15) is 9.18 Å². The average Bonchev–Trinajstić information content (AvgIpc) is 2.88. The summed E-state index contributed by atoms with van der Waals surface area (Å²) in [6.45, 7) is 2.98. The van der Waals surface area contributed by atoms with E-state index in [2.05, 4.69) is 17.6 Å². The van der Waals surface area contributed by atoms with Crippen molar-refractivity contribution in [2.45, 2.75) is 38.2 Å². The van der Waals surface area contributed by atoms with Crippen molar-refractivity contribution in [3.8, 4) is 0 Å². The highest BCUT2D eigenvalue weighted by Gasteiger charge is 2.49. The molecule has 2 N–H and O–H groups in total. The van der Waals surface area contributed by atoms with Crippen LogP contribution in [0.2, 0.25) is 0 Å². The van der Waals surface area contributed by atoms with Gasteiger partial charge in [-0.3, -0.25) is 4.79 Å². The number of hydrogen-bond acceptors (Lipinski definition) is 3. The molecule has 126 valence electrons. The standard InChI is InChI=1S/C18H25FN2O2/c1-11-5-4-6-12(10-20-2)18(11,23-3)15-7-13(19)8-16-14(15)9-17(22)21-16/h7-8,11-12,20H,4-6,9-10H2,1-3H3,(H,21,22). The van der Waals surface area contributed by atoms with E-state index in [1.165, 1.54) is 6.07 Å². The lowest BCUT2D eigenvalue weighted by atomic mass is 9.64. The Kier molecular flexibility index (Phi) is 4.43. The quantitative estimate of drug-likeness (QED) is 0.897. The number of halogens is 1. The molecule has 3 rings (SSSR count). The van der Waals surface area contributed by atoms with Crippen molar-refractivity contribution in [1.82, 2.24) is 5.32 Å². The summed E-state index contributed by atoms with van der Waals surface area (Å²) in [5.74, 6) is 0.120. The normalized spacial score (nSPS) is 30.2. The van der Waals surface area contributed by atoms with Gasteiger partial charge in [-0.15, -0.1) is 0 Å². The molecule has 1 saturated carbocycles. The van der Waals surface area contributed by atoms with Crippen molar-refractivity contribution in [3.05, 3.63) is 29.1 Å². The second kappa shape index (κ2) is 6.21. The first-order chi connectivity index (χ1) is 11.0. The van der Waals surface area contributed by atoms with Gasteiger partial charge in [0.1, 0.15) is 5.82 Å². The Morgan fingerprint density at radius 3 is 2.91 bits per heavy atom. The van der Waals surface area contributed by atoms with E-state index in [1.54, 1.807) is 13.2 Å². The predicted molar refractivity (Wildman–Crippen MR) is 87.9 cm³/mol. The zero-order chi connectivity index (χ0) is 16.6. The van der Waals surface area contributed by atoms with E-state index < -0.39 is 5.60 Å². The molecule has 4 nitrogen and oxygen atoms in total. The zero-order valence-corrected chi connectivity index (χ0v) is 14.0. The molecule has 0 saturated heterocycles. The smallest absolute Gasteiger partial charge is 0.228 e. The first-order valence-electron chi connectivity index (χ1n) is 8.35. The van der Waals surface area contributed by atoms with Crippen LogP contribution in [0, 0.1) is 17.7 Å². The molecule has 1 fully saturated rings. The van der Waals surface area contributed by atoms with Gasteiger partial charge in [0, 0.05) is 25.3 Å². The summed E-state index contributed by atoms with van der Waals surface area (Å²) in [5, 5.41) is 6.02. The number of hydrogen-bond donors (Lipinski definition) is 2. The molecule has 1 aliphatic heterocycles. The molecule has 1 heterocycles. The number of carbonyl (C=O) groups excluding carboxylic acids is 1. The second-order valence-corrected chi connectivity index (χ2v) is 6.79. The Labute approximate surface area is 136 Å². The molecule has 1 amide bonds. The van der Waals surface area contributed by atoms with Crippen LogP contribution in [0.4, 0.5) is 10.1 Å². The summed E-state index contributed by atoms with van der Waals surface area (Å²) in [7, 11) is 3.65. The summed E-state index contributed by atoms with van der Waals surface area (Å²) in [5.41, 5.74) is 1.79. The zero-order valence-electron chi connectivity index (χ0n) is 14.0. The highest BCUT2D eigenvalue weighted by molar-refractivity contribution is 5.99. The number of ether oxygens (including phenoxy) is 1. The number of amides is 1. The first kappa shape index (κ1) is 16.4. The molecular weight excluding hydrogens is 295 g/mol. The van der Waals surface area contributed by atoms with Gasteiger partial charge < -0.3 is 15.4 Å². The minimum Gasteiger partial charge on any atom is -0.373 e. The van der Waals surface area contributed by atoms with E-state index >= 15 is 0 Å². The van der Waals surface area contributed by atoms with Crippen molar-refractivity contribution in [3.63, 3.8) is 0 Å². The van der Waals surface area contributed by atoms with Gasteiger partial charge in [0.2, 0.25) is 5.91 Å². The molecule has 5 heteroatoms. The van der Waals surface area contributed by atoms with Gasteiger partial charge in [-0.25, -0.2) is 4.39 Å². The Bertz CT molecular complexity index is 617. The molecule has 3 unspecified atom stereocenters. The number of nitrogens with one attached hydrogen (secondary N) is 2. The number of methoxy groups -OCH3 is 1. The van der Waals surface area contributed by atoms with Crippen LogP contribution in [0.3, 0.4) is 0 Å². The van der Waals surface area contributed by atoms with Gasteiger partial charge in [0.25, 0.3) is 0 Å². The summed E-state index contributed by atoms with van der Waals surface area (Å²) in [6.07, 6.45) is 3.52. The molecule has 3 atom stereocenters. The maximum Gasteiger partial charge on any atom is 0.228 e. The molecular formula is C18H25FN2O2. The van der Waals surface area contributed by atoms with Gasteiger partial charge in [-0.1, -0.05) is 13.3 Å². The summed E-state index contributed by atoms with van der Waals surface area (Å²) in [6, 6.07) is 2.99. The first-order valence-corrected chi connectivity index (χ1v) is 8.35. The molecule has 0 bridgehead atoms. The summed E-state index contributed by atoms with van der Waals surface area (Å²) >= 11 is 0.